The van der Waals surface area contributed by atoms with Crippen LogP contribution in [0.1, 0.15) is 25.0 Å². The van der Waals surface area contributed by atoms with Crippen LogP contribution in [0.15, 0.2) is 24.3 Å². The summed E-state index contributed by atoms with van der Waals surface area (Å²) in [6.07, 6.45) is 0. The van der Waals surface area contributed by atoms with Crippen molar-refractivity contribution in [2.24, 2.45) is 0 Å². The average Bonchev–Trinajstić information content (AvgIpc) is 2.21. The van der Waals surface area contributed by atoms with Crippen LogP contribution in [0.3, 0.4) is 0 Å². The molecule has 0 aromatic heterocycles. The summed E-state index contributed by atoms with van der Waals surface area (Å²) in [6.45, 7) is 4.00. The molecule has 12 heavy (non-hydrogen) atoms. The first-order valence-electron chi connectivity index (χ1n) is 4.06. The molecule has 0 nitrogen and oxygen atoms in total. The highest BCUT2D eigenvalue weighted by Gasteiger charge is 1.90. The van der Waals surface area contributed by atoms with Gasteiger partial charge in [0.15, 0.2) is 0 Å². The van der Waals surface area contributed by atoms with Crippen LogP contribution in [-0.4, -0.2) is 0 Å². The molecule has 68 valence electrons. The van der Waals surface area contributed by atoms with E-state index in [4.69, 9.17) is 0 Å². The number of benzene rings is 1. The SMILES string of the molecule is BrCc1cccc(CBr)c1.CC. The first kappa shape index (κ1) is 12.2. The van der Waals surface area contributed by atoms with Gasteiger partial charge < -0.3 is 0 Å². The van der Waals surface area contributed by atoms with Gasteiger partial charge in [-0.15, -0.1) is 0 Å². The highest BCUT2D eigenvalue weighted by Crippen LogP contribution is 2.10. The van der Waals surface area contributed by atoms with Gasteiger partial charge in [0, 0.05) is 10.7 Å². The number of halogens is 2. The van der Waals surface area contributed by atoms with Gasteiger partial charge in [-0.2, -0.15) is 0 Å². The third kappa shape index (κ3) is 4.27. The van der Waals surface area contributed by atoms with Crippen LogP contribution in [0.5, 0.6) is 0 Å². The molecule has 0 N–H and O–H groups in total. The maximum atomic E-state index is 3.41. The van der Waals surface area contributed by atoms with Gasteiger partial charge >= 0.3 is 0 Å². The standard InChI is InChI=1S/C8H8Br2.C2H6/c9-5-7-2-1-3-8(4-7)6-10;1-2/h1-4H,5-6H2;1-2H3. The summed E-state index contributed by atoms with van der Waals surface area (Å²) in [6, 6.07) is 8.48. The Morgan fingerprint density at radius 2 is 1.42 bits per heavy atom. The first-order chi connectivity index (χ1) is 5.86. The van der Waals surface area contributed by atoms with E-state index in [0.29, 0.717) is 0 Å². The molecule has 0 aliphatic carbocycles. The monoisotopic (exact) mass is 292 g/mol. The third-order valence-electron chi connectivity index (χ3n) is 1.30. The molecule has 0 heterocycles. The summed E-state index contributed by atoms with van der Waals surface area (Å²) >= 11 is 6.81. The molecular weight excluding hydrogens is 280 g/mol. The van der Waals surface area contributed by atoms with E-state index < -0.39 is 0 Å². The molecule has 0 atom stereocenters. The zero-order chi connectivity index (χ0) is 9.40. The Balaban J connectivity index is 0.000000561. The van der Waals surface area contributed by atoms with E-state index in [-0.39, 0.29) is 0 Å². The zero-order valence-electron chi connectivity index (χ0n) is 7.48. The fraction of sp³-hybridized carbons (Fsp3) is 0.400. The van der Waals surface area contributed by atoms with E-state index in [2.05, 4.69) is 56.1 Å². The topological polar surface area (TPSA) is 0 Å². The molecule has 0 saturated carbocycles. The number of alkyl halides is 2. The van der Waals surface area contributed by atoms with E-state index in [0.717, 1.165) is 10.7 Å². The lowest BCUT2D eigenvalue weighted by atomic mass is 10.2. The smallest absolute Gasteiger partial charge is 0.0283 e. The van der Waals surface area contributed by atoms with Gasteiger partial charge in [-0.3, -0.25) is 0 Å². The highest BCUT2D eigenvalue weighted by atomic mass is 79.9. The fourth-order valence-electron chi connectivity index (χ4n) is 0.796. The predicted octanol–water partition coefficient (Wildman–Crippen LogP) is 4.50. The van der Waals surface area contributed by atoms with E-state index in [1.165, 1.54) is 11.1 Å². The van der Waals surface area contributed by atoms with Gasteiger partial charge in [-0.1, -0.05) is 70.0 Å². The van der Waals surface area contributed by atoms with Crippen LogP contribution in [0.2, 0.25) is 0 Å². The molecule has 0 aliphatic rings. The molecule has 0 fully saturated rings. The van der Waals surface area contributed by atoms with Crippen LogP contribution >= 0.6 is 31.9 Å². The Labute approximate surface area is 91.6 Å². The van der Waals surface area contributed by atoms with Gasteiger partial charge in [0.2, 0.25) is 0 Å². The lowest BCUT2D eigenvalue weighted by Gasteiger charge is -1.97. The van der Waals surface area contributed by atoms with E-state index in [1.807, 2.05) is 13.8 Å². The second kappa shape index (κ2) is 7.81. The van der Waals surface area contributed by atoms with Crippen molar-refractivity contribution in [1.82, 2.24) is 0 Å². The summed E-state index contributed by atoms with van der Waals surface area (Å²) in [5, 5.41) is 1.88. The van der Waals surface area contributed by atoms with Crippen molar-refractivity contribution in [1.29, 1.82) is 0 Å². The van der Waals surface area contributed by atoms with Crippen molar-refractivity contribution in [2.75, 3.05) is 0 Å². The minimum absolute atomic E-state index is 0.938. The molecule has 2 heteroatoms. The Morgan fingerprint density at radius 1 is 1.00 bits per heavy atom. The van der Waals surface area contributed by atoms with E-state index in [1.54, 1.807) is 0 Å². The molecule has 0 saturated heterocycles. The predicted molar refractivity (Wildman–Crippen MR) is 63.1 cm³/mol. The quantitative estimate of drug-likeness (QED) is 0.704. The van der Waals surface area contributed by atoms with Gasteiger partial charge in [-0.25, -0.2) is 0 Å². The summed E-state index contributed by atoms with van der Waals surface area (Å²) < 4.78 is 0. The summed E-state index contributed by atoms with van der Waals surface area (Å²) in [4.78, 5) is 0. The molecule has 0 amide bonds. The van der Waals surface area contributed by atoms with Gasteiger partial charge in [0.1, 0.15) is 0 Å². The Hall–Kier alpha value is 0.180. The van der Waals surface area contributed by atoms with Crippen molar-refractivity contribution in [3.05, 3.63) is 35.4 Å². The number of hydrogen-bond donors (Lipinski definition) is 0. The molecule has 0 aliphatic heterocycles. The van der Waals surface area contributed by atoms with Gasteiger partial charge in [0.05, 0.1) is 0 Å². The Morgan fingerprint density at radius 3 is 1.75 bits per heavy atom. The van der Waals surface area contributed by atoms with Crippen LogP contribution in [0.25, 0.3) is 0 Å². The molecule has 1 aromatic rings. The molecule has 0 radical (unpaired) electrons. The van der Waals surface area contributed by atoms with Crippen LogP contribution in [0.4, 0.5) is 0 Å². The van der Waals surface area contributed by atoms with Crippen molar-refractivity contribution in [2.45, 2.75) is 24.5 Å². The van der Waals surface area contributed by atoms with Crippen LogP contribution in [-0.2, 0) is 10.7 Å². The lowest BCUT2D eigenvalue weighted by molar-refractivity contribution is 1.35. The average molecular weight is 294 g/mol. The minimum atomic E-state index is 0.938. The number of rotatable bonds is 2. The molecular formula is C10H14Br2. The van der Waals surface area contributed by atoms with E-state index >= 15 is 0 Å². The fourth-order valence-corrected chi connectivity index (χ4v) is 1.49. The molecule has 0 spiro atoms. The lowest BCUT2D eigenvalue weighted by Crippen LogP contribution is -1.80. The van der Waals surface area contributed by atoms with Crippen molar-refractivity contribution in [3.63, 3.8) is 0 Å². The minimum Gasteiger partial charge on any atom is -0.0876 e. The zero-order valence-corrected chi connectivity index (χ0v) is 10.7. The summed E-state index contributed by atoms with van der Waals surface area (Å²) in [5.74, 6) is 0. The van der Waals surface area contributed by atoms with Gasteiger partial charge in [0.25, 0.3) is 0 Å². The summed E-state index contributed by atoms with van der Waals surface area (Å²) in [5.41, 5.74) is 2.66. The largest absolute Gasteiger partial charge is 0.0876 e. The molecule has 1 rings (SSSR count). The van der Waals surface area contributed by atoms with Gasteiger partial charge in [-0.05, 0) is 11.1 Å². The summed E-state index contributed by atoms with van der Waals surface area (Å²) in [7, 11) is 0. The molecule has 0 unspecified atom stereocenters. The second-order valence-electron chi connectivity index (χ2n) is 2.09. The first-order valence-corrected chi connectivity index (χ1v) is 6.31. The highest BCUT2D eigenvalue weighted by molar-refractivity contribution is 9.08. The maximum Gasteiger partial charge on any atom is 0.0283 e. The second-order valence-corrected chi connectivity index (χ2v) is 3.21. The van der Waals surface area contributed by atoms with Crippen molar-refractivity contribution >= 4 is 31.9 Å². The Kier molecular flexibility index (Phi) is 7.93. The van der Waals surface area contributed by atoms with E-state index in [9.17, 15) is 0 Å². The maximum absolute atomic E-state index is 3.41. The normalized spacial score (nSPS) is 8.67. The van der Waals surface area contributed by atoms with Crippen LogP contribution in [0, 0.1) is 0 Å². The Bertz CT molecular complexity index is 189. The van der Waals surface area contributed by atoms with Crippen molar-refractivity contribution in [3.8, 4) is 0 Å². The van der Waals surface area contributed by atoms with Crippen LogP contribution < -0.4 is 0 Å². The number of hydrogen-bond acceptors (Lipinski definition) is 0. The third-order valence-corrected chi connectivity index (χ3v) is 2.59. The molecule has 1 aromatic carbocycles. The molecule has 0 bridgehead atoms. The van der Waals surface area contributed by atoms with Crippen molar-refractivity contribution < 1.29 is 0 Å².